The highest BCUT2D eigenvalue weighted by molar-refractivity contribution is 6.31. The van der Waals surface area contributed by atoms with E-state index in [-0.39, 0.29) is 0 Å². The van der Waals surface area contributed by atoms with Gasteiger partial charge in [0.15, 0.2) is 4.98 Å². The van der Waals surface area contributed by atoms with Gasteiger partial charge in [0.2, 0.25) is 5.39 Å². The van der Waals surface area contributed by atoms with Gasteiger partial charge in [0.05, 0.1) is 0 Å². The Labute approximate surface area is 123 Å². The standard InChI is InChI=1S/C10H8.C7H6ClN2/c1-2-6-10-8-4-3-7-9(10)5-1;1-5-4-6(10-9)2-3-7(5)8/h1-8H;2-4H,1H3/q;+1. The van der Waals surface area contributed by atoms with Gasteiger partial charge in [-0.15, -0.1) is 0 Å². The van der Waals surface area contributed by atoms with Gasteiger partial charge in [-0.2, -0.15) is 0 Å². The van der Waals surface area contributed by atoms with Crippen molar-refractivity contribution in [1.82, 2.24) is 0 Å². The summed E-state index contributed by atoms with van der Waals surface area (Å²) in [4.78, 5) is 3.01. The van der Waals surface area contributed by atoms with E-state index in [0.717, 1.165) is 5.56 Å². The number of halogens is 1. The van der Waals surface area contributed by atoms with Crippen LogP contribution in [0.2, 0.25) is 5.02 Å². The van der Waals surface area contributed by atoms with E-state index in [0.29, 0.717) is 10.7 Å². The predicted octanol–water partition coefficient (Wildman–Crippen LogP) is 5.97. The second-order valence-corrected chi connectivity index (χ2v) is 4.79. The molecule has 0 spiro atoms. The number of fused-ring (bicyclic) bond motifs is 1. The first-order valence-electron chi connectivity index (χ1n) is 6.26. The maximum atomic E-state index is 8.33. The average molecular weight is 282 g/mol. The Morgan fingerprint density at radius 3 is 1.75 bits per heavy atom. The molecule has 0 aliphatic rings. The summed E-state index contributed by atoms with van der Waals surface area (Å²) in [5.41, 5.74) is 1.44. The van der Waals surface area contributed by atoms with E-state index < -0.39 is 0 Å². The molecule has 3 rings (SSSR count). The van der Waals surface area contributed by atoms with Crippen molar-refractivity contribution >= 4 is 28.1 Å². The first-order valence-corrected chi connectivity index (χ1v) is 6.63. The zero-order valence-corrected chi connectivity index (χ0v) is 11.9. The van der Waals surface area contributed by atoms with Crippen LogP contribution in [-0.2, 0) is 0 Å². The molecule has 0 bridgehead atoms. The van der Waals surface area contributed by atoms with E-state index in [2.05, 4.69) is 53.5 Å². The first kappa shape index (κ1) is 14.0. The topological polar surface area (TPSA) is 28.1 Å². The van der Waals surface area contributed by atoms with Crippen LogP contribution in [0.3, 0.4) is 0 Å². The molecule has 0 unspecified atom stereocenters. The average Bonchev–Trinajstić information content (AvgIpc) is 2.51. The van der Waals surface area contributed by atoms with Crippen LogP contribution < -0.4 is 0 Å². The Bertz CT molecular complexity index is 695. The number of diazo groups is 1. The second-order valence-electron chi connectivity index (χ2n) is 4.38. The molecule has 3 aromatic rings. The summed E-state index contributed by atoms with van der Waals surface area (Å²) in [6, 6.07) is 21.8. The van der Waals surface area contributed by atoms with Gasteiger partial charge >= 0.3 is 5.69 Å². The summed E-state index contributed by atoms with van der Waals surface area (Å²) in [5, 5.41) is 11.6. The Balaban J connectivity index is 0.000000147. The highest BCUT2D eigenvalue weighted by atomic mass is 35.5. The van der Waals surface area contributed by atoms with Gasteiger partial charge in [0.1, 0.15) is 0 Å². The molecule has 0 heterocycles. The van der Waals surface area contributed by atoms with Crippen molar-refractivity contribution in [3.63, 3.8) is 0 Å². The molecule has 0 aromatic heterocycles. The smallest absolute Gasteiger partial charge is 0.0840 e. The molecule has 0 radical (unpaired) electrons. The fourth-order valence-corrected chi connectivity index (χ4v) is 1.94. The molecular weight excluding hydrogens is 268 g/mol. The summed E-state index contributed by atoms with van der Waals surface area (Å²) in [6.45, 7) is 1.86. The monoisotopic (exact) mass is 281 g/mol. The van der Waals surface area contributed by atoms with Gasteiger partial charge in [-0.05, 0) is 29.3 Å². The van der Waals surface area contributed by atoms with E-state index >= 15 is 0 Å². The lowest BCUT2D eigenvalue weighted by molar-refractivity contribution is 1.43. The molecule has 0 aliphatic carbocycles. The van der Waals surface area contributed by atoms with Crippen LogP contribution in [0.1, 0.15) is 5.56 Å². The Morgan fingerprint density at radius 2 is 1.35 bits per heavy atom. The summed E-state index contributed by atoms with van der Waals surface area (Å²) in [5.74, 6) is 0. The van der Waals surface area contributed by atoms with Gasteiger partial charge in [-0.25, -0.2) is 0 Å². The van der Waals surface area contributed by atoms with Crippen molar-refractivity contribution in [1.29, 1.82) is 5.39 Å². The van der Waals surface area contributed by atoms with Crippen LogP contribution in [0.5, 0.6) is 0 Å². The molecular formula is C17H14ClN2+. The maximum Gasteiger partial charge on any atom is 0.385 e. The van der Waals surface area contributed by atoms with Crippen molar-refractivity contribution in [2.24, 2.45) is 0 Å². The molecule has 0 amide bonds. The third-order valence-corrected chi connectivity index (χ3v) is 3.34. The zero-order chi connectivity index (χ0) is 14.4. The largest absolute Gasteiger partial charge is 0.385 e. The van der Waals surface area contributed by atoms with E-state index in [4.69, 9.17) is 17.0 Å². The van der Waals surface area contributed by atoms with Crippen molar-refractivity contribution in [3.05, 3.63) is 82.3 Å². The Morgan fingerprint density at radius 1 is 0.850 bits per heavy atom. The fourth-order valence-electron chi connectivity index (χ4n) is 1.82. The molecule has 2 nitrogen and oxygen atoms in total. The molecule has 0 atom stereocenters. The van der Waals surface area contributed by atoms with Crippen LogP contribution in [0.4, 0.5) is 5.69 Å². The maximum absolute atomic E-state index is 8.33. The Hall–Kier alpha value is -2.37. The normalized spacial score (nSPS) is 9.45. The minimum Gasteiger partial charge on any atom is -0.0840 e. The van der Waals surface area contributed by atoms with E-state index in [1.54, 1.807) is 18.2 Å². The molecule has 0 N–H and O–H groups in total. The summed E-state index contributed by atoms with van der Waals surface area (Å²) in [7, 11) is 0. The molecule has 3 aromatic carbocycles. The molecule has 98 valence electrons. The van der Waals surface area contributed by atoms with Crippen molar-refractivity contribution < 1.29 is 0 Å². The minimum absolute atomic E-state index is 0.530. The first-order chi connectivity index (χ1) is 9.70. The van der Waals surface area contributed by atoms with Crippen molar-refractivity contribution in [2.75, 3.05) is 0 Å². The molecule has 3 heteroatoms. The predicted molar refractivity (Wildman–Crippen MR) is 84.9 cm³/mol. The van der Waals surface area contributed by atoms with Crippen LogP contribution in [-0.4, -0.2) is 0 Å². The minimum atomic E-state index is 0.530. The number of nitrogens with zero attached hydrogens (tertiary/aromatic N) is 2. The molecule has 0 fully saturated rings. The lowest BCUT2D eigenvalue weighted by Crippen LogP contribution is -1.71. The summed E-state index contributed by atoms with van der Waals surface area (Å²) in [6.07, 6.45) is 0. The highest BCUT2D eigenvalue weighted by Gasteiger charge is 2.04. The molecule has 0 saturated heterocycles. The van der Waals surface area contributed by atoms with E-state index in [1.807, 2.05) is 6.92 Å². The van der Waals surface area contributed by atoms with Crippen LogP contribution in [0.25, 0.3) is 15.7 Å². The van der Waals surface area contributed by atoms with Crippen molar-refractivity contribution in [2.45, 2.75) is 6.92 Å². The number of hydrogen-bond donors (Lipinski definition) is 0. The van der Waals surface area contributed by atoms with Gasteiger partial charge in [0, 0.05) is 17.2 Å². The van der Waals surface area contributed by atoms with Gasteiger partial charge in [-0.3, -0.25) is 0 Å². The highest BCUT2D eigenvalue weighted by Crippen LogP contribution is 2.20. The Kier molecular flexibility index (Phi) is 4.70. The number of rotatable bonds is 0. The summed E-state index contributed by atoms with van der Waals surface area (Å²) < 4.78 is 0. The molecule has 0 aliphatic heterocycles. The number of aryl methyl sites for hydroxylation is 1. The lowest BCUT2D eigenvalue weighted by atomic mass is 10.1. The number of hydrogen-bond acceptors (Lipinski definition) is 1. The fraction of sp³-hybridized carbons (Fsp3) is 0.0588. The lowest BCUT2D eigenvalue weighted by Gasteiger charge is -1.92. The zero-order valence-electron chi connectivity index (χ0n) is 11.1. The van der Waals surface area contributed by atoms with Crippen LogP contribution in [0.15, 0.2) is 66.7 Å². The quantitative estimate of drug-likeness (QED) is 0.466. The number of benzene rings is 3. The van der Waals surface area contributed by atoms with Gasteiger partial charge in [0.25, 0.3) is 0 Å². The SMILES string of the molecule is Cc1cc([N+]#N)ccc1Cl.c1ccc2ccccc2c1. The molecule has 20 heavy (non-hydrogen) atoms. The third kappa shape index (κ3) is 3.57. The van der Waals surface area contributed by atoms with E-state index in [1.165, 1.54) is 10.8 Å². The third-order valence-electron chi connectivity index (χ3n) is 2.92. The van der Waals surface area contributed by atoms with Crippen LogP contribution >= 0.6 is 11.6 Å². The summed E-state index contributed by atoms with van der Waals surface area (Å²) >= 11 is 5.71. The van der Waals surface area contributed by atoms with Crippen LogP contribution in [0, 0.1) is 12.3 Å². The van der Waals surface area contributed by atoms with Crippen molar-refractivity contribution in [3.8, 4) is 0 Å². The van der Waals surface area contributed by atoms with Gasteiger partial charge < -0.3 is 0 Å². The van der Waals surface area contributed by atoms with Gasteiger partial charge in [-0.1, -0.05) is 60.1 Å². The second kappa shape index (κ2) is 6.70. The molecule has 0 saturated carbocycles. The van der Waals surface area contributed by atoms with E-state index in [9.17, 15) is 0 Å².